The first-order valence-corrected chi connectivity index (χ1v) is 6.39. The number of amides is 1. The monoisotopic (exact) mass is 273 g/mol. The Morgan fingerprint density at radius 1 is 1.40 bits per heavy atom. The van der Waals surface area contributed by atoms with E-state index in [1.807, 2.05) is 18.2 Å². The van der Waals surface area contributed by atoms with Crippen LogP contribution in [0, 0.1) is 0 Å². The van der Waals surface area contributed by atoms with Crippen molar-refractivity contribution in [2.75, 3.05) is 13.7 Å². The summed E-state index contributed by atoms with van der Waals surface area (Å²) >= 11 is 0. The lowest BCUT2D eigenvalue weighted by Gasteiger charge is -2.27. The molecule has 2 heterocycles. The van der Waals surface area contributed by atoms with E-state index in [1.54, 1.807) is 13.2 Å². The Bertz CT molecular complexity index is 606. The van der Waals surface area contributed by atoms with Crippen LogP contribution in [0.1, 0.15) is 15.9 Å². The number of nitrogens with one attached hydrogen (secondary N) is 1. The Kier molecular flexibility index (Phi) is 3.33. The predicted molar refractivity (Wildman–Crippen MR) is 72.2 cm³/mol. The van der Waals surface area contributed by atoms with Gasteiger partial charge in [-0.2, -0.15) is 0 Å². The molecule has 104 valence electrons. The van der Waals surface area contributed by atoms with Gasteiger partial charge in [0.25, 0.3) is 5.91 Å². The van der Waals surface area contributed by atoms with Crippen LogP contribution in [-0.4, -0.2) is 25.7 Å². The largest absolute Gasteiger partial charge is 0.493 e. The van der Waals surface area contributed by atoms with E-state index in [0.717, 1.165) is 23.5 Å². The molecule has 1 aliphatic heterocycles. The average molecular weight is 273 g/mol. The maximum atomic E-state index is 12.0. The molecule has 20 heavy (non-hydrogen) atoms. The van der Waals surface area contributed by atoms with Crippen molar-refractivity contribution in [3.63, 3.8) is 0 Å². The highest BCUT2D eigenvalue weighted by molar-refractivity contribution is 5.94. The molecule has 0 spiro atoms. The molecule has 0 saturated heterocycles. The summed E-state index contributed by atoms with van der Waals surface area (Å²) in [6.45, 7) is 0.428. The number of furan rings is 1. The molecule has 5 heteroatoms. The molecule has 2 aromatic rings. The van der Waals surface area contributed by atoms with Gasteiger partial charge in [0.2, 0.25) is 0 Å². The molecule has 5 nitrogen and oxygen atoms in total. The van der Waals surface area contributed by atoms with Crippen molar-refractivity contribution in [1.82, 2.24) is 5.32 Å². The van der Waals surface area contributed by atoms with E-state index < -0.39 is 0 Å². The summed E-state index contributed by atoms with van der Waals surface area (Å²) in [7, 11) is 1.62. The van der Waals surface area contributed by atoms with Crippen LogP contribution in [0.3, 0.4) is 0 Å². The second-order valence-corrected chi connectivity index (χ2v) is 4.65. The minimum atomic E-state index is -0.154. The first-order chi connectivity index (χ1) is 9.78. The van der Waals surface area contributed by atoms with Crippen molar-refractivity contribution in [3.05, 3.63) is 47.9 Å². The van der Waals surface area contributed by atoms with Crippen molar-refractivity contribution in [2.24, 2.45) is 0 Å². The Hall–Kier alpha value is -2.43. The molecule has 0 saturated carbocycles. The lowest BCUT2D eigenvalue weighted by molar-refractivity contribution is 0.0914. The molecule has 1 atom stereocenters. The number of para-hydroxylation sites is 1. The van der Waals surface area contributed by atoms with Gasteiger partial charge in [-0.1, -0.05) is 12.1 Å². The summed E-state index contributed by atoms with van der Waals surface area (Å²) in [5, 5.41) is 2.93. The number of carbonyl (C=O) groups excluding carboxylic acids is 1. The summed E-state index contributed by atoms with van der Waals surface area (Å²) in [6.07, 6.45) is 3.62. The van der Waals surface area contributed by atoms with Gasteiger partial charge in [-0.05, 0) is 18.6 Å². The number of ether oxygens (including phenoxy) is 2. The summed E-state index contributed by atoms with van der Waals surface area (Å²) in [5.41, 5.74) is 1.55. The van der Waals surface area contributed by atoms with Gasteiger partial charge in [0.05, 0.1) is 25.0 Å². The van der Waals surface area contributed by atoms with Crippen LogP contribution in [0.25, 0.3) is 0 Å². The summed E-state index contributed by atoms with van der Waals surface area (Å²) in [5.74, 6) is 1.34. The molecule has 0 aliphatic carbocycles. The number of benzene rings is 1. The zero-order valence-corrected chi connectivity index (χ0v) is 11.1. The fourth-order valence-electron chi connectivity index (χ4n) is 2.31. The van der Waals surface area contributed by atoms with Crippen molar-refractivity contribution >= 4 is 5.91 Å². The fourth-order valence-corrected chi connectivity index (χ4v) is 2.31. The third kappa shape index (κ3) is 2.34. The quantitative estimate of drug-likeness (QED) is 0.929. The second kappa shape index (κ2) is 5.28. The summed E-state index contributed by atoms with van der Waals surface area (Å²) in [4.78, 5) is 12.0. The highest BCUT2D eigenvalue weighted by atomic mass is 16.5. The Balaban J connectivity index is 1.71. The Labute approximate surface area is 116 Å². The van der Waals surface area contributed by atoms with Crippen molar-refractivity contribution < 1.29 is 18.7 Å². The summed E-state index contributed by atoms with van der Waals surface area (Å²) < 4.78 is 15.9. The van der Waals surface area contributed by atoms with Crippen LogP contribution in [0.5, 0.6) is 11.5 Å². The highest BCUT2D eigenvalue weighted by Gasteiger charge is 2.24. The van der Waals surface area contributed by atoms with Crippen molar-refractivity contribution in [2.45, 2.75) is 12.5 Å². The van der Waals surface area contributed by atoms with E-state index in [-0.39, 0.29) is 11.9 Å². The first-order valence-electron chi connectivity index (χ1n) is 6.39. The Morgan fingerprint density at radius 2 is 2.30 bits per heavy atom. The molecule has 3 rings (SSSR count). The van der Waals surface area contributed by atoms with Gasteiger partial charge in [0, 0.05) is 5.56 Å². The van der Waals surface area contributed by atoms with E-state index in [1.165, 1.54) is 12.5 Å². The number of methoxy groups -OCH3 is 1. The van der Waals surface area contributed by atoms with Crippen LogP contribution in [-0.2, 0) is 6.42 Å². The van der Waals surface area contributed by atoms with Crippen LogP contribution in [0.4, 0.5) is 0 Å². The number of hydrogen-bond acceptors (Lipinski definition) is 4. The molecule has 0 bridgehead atoms. The molecule has 0 fully saturated rings. The van der Waals surface area contributed by atoms with E-state index >= 15 is 0 Å². The fraction of sp³-hybridized carbons (Fsp3) is 0.267. The van der Waals surface area contributed by atoms with Gasteiger partial charge in [-0.25, -0.2) is 0 Å². The zero-order valence-electron chi connectivity index (χ0n) is 11.1. The van der Waals surface area contributed by atoms with Gasteiger partial charge in [0.15, 0.2) is 11.5 Å². The molecule has 1 aromatic heterocycles. The van der Waals surface area contributed by atoms with E-state index in [9.17, 15) is 4.79 Å². The van der Waals surface area contributed by atoms with Gasteiger partial charge in [-0.15, -0.1) is 0 Å². The first kappa shape index (κ1) is 12.6. The third-order valence-corrected chi connectivity index (χ3v) is 3.29. The third-order valence-electron chi connectivity index (χ3n) is 3.29. The van der Waals surface area contributed by atoms with E-state index in [4.69, 9.17) is 13.9 Å². The van der Waals surface area contributed by atoms with Crippen molar-refractivity contribution in [1.29, 1.82) is 0 Å². The predicted octanol–water partition coefficient (Wildman–Crippen LogP) is 2.02. The molecule has 1 N–H and O–H groups in total. The van der Waals surface area contributed by atoms with Gasteiger partial charge in [0.1, 0.15) is 12.9 Å². The van der Waals surface area contributed by atoms with E-state index in [0.29, 0.717) is 12.2 Å². The van der Waals surface area contributed by atoms with Crippen LogP contribution >= 0.6 is 0 Å². The maximum absolute atomic E-state index is 12.0. The summed E-state index contributed by atoms with van der Waals surface area (Å²) in [6, 6.07) is 7.34. The maximum Gasteiger partial charge on any atom is 0.254 e. The highest BCUT2D eigenvalue weighted by Crippen LogP contribution is 2.34. The molecule has 1 aliphatic rings. The molecule has 0 radical (unpaired) electrons. The molecule has 1 amide bonds. The molecular formula is C15H15NO4. The molecule has 1 unspecified atom stereocenters. The van der Waals surface area contributed by atoms with Gasteiger partial charge >= 0.3 is 0 Å². The van der Waals surface area contributed by atoms with Gasteiger partial charge in [-0.3, -0.25) is 4.79 Å². The number of fused-ring (bicyclic) bond motifs is 1. The standard InChI is InChI=1S/C15H15NO4/c1-18-13-4-2-3-10-7-12(9-20-14(10)13)16-15(17)11-5-6-19-8-11/h2-6,8,12H,7,9H2,1H3,(H,16,17). The average Bonchev–Trinajstić information content (AvgIpc) is 3.00. The normalized spacial score (nSPS) is 16.9. The lowest BCUT2D eigenvalue weighted by Crippen LogP contribution is -2.42. The minimum absolute atomic E-state index is 0.0583. The molecular weight excluding hydrogens is 258 g/mol. The smallest absolute Gasteiger partial charge is 0.254 e. The lowest BCUT2D eigenvalue weighted by atomic mass is 10.0. The SMILES string of the molecule is COc1cccc2c1OCC(NC(=O)c1ccoc1)C2. The van der Waals surface area contributed by atoms with Crippen LogP contribution < -0.4 is 14.8 Å². The van der Waals surface area contributed by atoms with Gasteiger partial charge < -0.3 is 19.2 Å². The Morgan fingerprint density at radius 3 is 3.05 bits per heavy atom. The minimum Gasteiger partial charge on any atom is -0.493 e. The number of rotatable bonds is 3. The zero-order chi connectivity index (χ0) is 13.9. The second-order valence-electron chi connectivity index (χ2n) is 4.65. The van der Waals surface area contributed by atoms with E-state index in [2.05, 4.69) is 5.32 Å². The number of hydrogen-bond donors (Lipinski definition) is 1. The van der Waals surface area contributed by atoms with Crippen molar-refractivity contribution in [3.8, 4) is 11.5 Å². The van der Waals surface area contributed by atoms with Crippen LogP contribution in [0.15, 0.2) is 41.2 Å². The molecule has 1 aromatic carbocycles. The van der Waals surface area contributed by atoms with Crippen LogP contribution in [0.2, 0.25) is 0 Å². The number of carbonyl (C=O) groups is 1. The topological polar surface area (TPSA) is 60.7 Å².